The summed E-state index contributed by atoms with van der Waals surface area (Å²) in [5.41, 5.74) is 3.73. The lowest BCUT2D eigenvalue weighted by molar-refractivity contribution is 0.630. The molecule has 0 amide bonds. The lowest BCUT2D eigenvalue weighted by atomic mass is 10.2. The van der Waals surface area contributed by atoms with E-state index in [0.29, 0.717) is 11.9 Å². The second-order valence-electron chi connectivity index (χ2n) is 3.59. The van der Waals surface area contributed by atoms with Gasteiger partial charge in [0.05, 0.1) is 0 Å². The van der Waals surface area contributed by atoms with Crippen LogP contribution < -0.4 is 16.2 Å². The first-order chi connectivity index (χ1) is 7.22. The lowest BCUT2D eigenvalue weighted by Gasteiger charge is -2.29. The van der Waals surface area contributed by atoms with Crippen molar-refractivity contribution in [2.75, 3.05) is 16.9 Å². The Balaban J connectivity index is 2.91. The summed E-state index contributed by atoms with van der Waals surface area (Å²) in [5.74, 6) is 6.04. The molecule has 0 saturated carbocycles. The smallest absolute Gasteiger partial charge is 0.141 e. The van der Waals surface area contributed by atoms with Crippen molar-refractivity contribution in [3.63, 3.8) is 0 Å². The molecule has 4 heteroatoms. The molecule has 1 heterocycles. The first-order valence-electron chi connectivity index (χ1n) is 5.42. The number of hydrogen-bond acceptors (Lipinski definition) is 4. The number of nitrogens with one attached hydrogen (secondary N) is 1. The predicted molar refractivity (Wildman–Crippen MR) is 64.8 cm³/mol. The van der Waals surface area contributed by atoms with E-state index in [2.05, 4.69) is 36.1 Å². The van der Waals surface area contributed by atoms with Gasteiger partial charge < -0.3 is 10.3 Å². The SMILES string of the molecule is CCC(C)N(CC)c1ccnc(NN)c1. The van der Waals surface area contributed by atoms with Crippen LogP contribution in [0.5, 0.6) is 0 Å². The van der Waals surface area contributed by atoms with Crippen LogP contribution in [0, 0.1) is 0 Å². The van der Waals surface area contributed by atoms with Crippen molar-refractivity contribution in [2.24, 2.45) is 5.84 Å². The van der Waals surface area contributed by atoms with Gasteiger partial charge in [0.1, 0.15) is 5.82 Å². The van der Waals surface area contributed by atoms with Gasteiger partial charge in [0, 0.05) is 30.5 Å². The maximum absolute atomic E-state index is 5.34. The van der Waals surface area contributed by atoms with E-state index in [-0.39, 0.29) is 0 Å². The summed E-state index contributed by atoms with van der Waals surface area (Å²) >= 11 is 0. The van der Waals surface area contributed by atoms with Gasteiger partial charge in [0.25, 0.3) is 0 Å². The highest BCUT2D eigenvalue weighted by Crippen LogP contribution is 2.19. The first kappa shape index (κ1) is 11.8. The molecule has 1 aromatic rings. The fourth-order valence-corrected chi connectivity index (χ4v) is 1.65. The highest BCUT2D eigenvalue weighted by molar-refractivity contribution is 5.53. The summed E-state index contributed by atoms with van der Waals surface area (Å²) in [6.45, 7) is 7.56. The molecule has 0 radical (unpaired) electrons. The van der Waals surface area contributed by atoms with Gasteiger partial charge in [-0.1, -0.05) is 6.92 Å². The minimum absolute atomic E-state index is 0.531. The summed E-state index contributed by atoms with van der Waals surface area (Å²) in [6, 6.07) is 4.51. The van der Waals surface area contributed by atoms with Gasteiger partial charge in [-0.3, -0.25) is 0 Å². The number of nitrogen functional groups attached to an aromatic ring is 1. The van der Waals surface area contributed by atoms with E-state index in [9.17, 15) is 0 Å². The van der Waals surface area contributed by atoms with Gasteiger partial charge in [-0.05, 0) is 26.3 Å². The molecule has 1 aromatic heterocycles. The average molecular weight is 208 g/mol. The van der Waals surface area contributed by atoms with Crippen LogP contribution in [-0.2, 0) is 0 Å². The van der Waals surface area contributed by atoms with Gasteiger partial charge in [-0.25, -0.2) is 10.8 Å². The predicted octanol–water partition coefficient (Wildman–Crippen LogP) is 1.99. The summed E-state index contributed by atoms with van der Waals surface area (Å²) in [4.78, 5) is 6.43. The third kappa shape index (κ3) is 2.83. The molecule has 4 nitrogen and oxygen atoms in total. The van der Waals surface area contributed by atoms with Crippen LogP contribution in [-0.4, -0.2) is 17.6 Å². The Kier molecular flexibility index (Phi) is 4.37. The molecule has 3 N–H and O–H groups in total. The van der Waals surface area contributed by atoms with Crippen molar-refractivity contribution in [1.29, 1.82) is 0 Å². The molecule has 1 atom stereocenters. The number of anilines is 2. The average Bonchev–Trinajstić information content (AvgIpc) is 2.30. The Morgan fingerprint density at radius 1 is 1.53 bits per heavy atom. The fraction of sp³-hybridized carbons (Fsp3) is 0.545. The molecule has 0 fully saturated rings. The molecule has 0 aliphatic carbocycles. The summed E-state index contributed by atoms with van der Waals surface area (Å²) in [5, 5.41) is 0. The van der Waals surface area contributed by atoms with Crippen molar-refractivity contribution < 1.29 is 0 Å². The normalized spacial score (nSPS) is 12.3. The van der Waals surface area contributed by atoms with Crippen LogP contribution in [0.15, 0.2) is 18.3 Å². The van der Waals surface area contributed by atoms with Gasteiger partial charge in [-0.2, -0.15) is 0 Å². The molecule has 84 valence electrons. The van der Waals surface area contributed by atoms with E-state index in [1.165, 1.54) is 0 Å². The van der Waals surface area contributed by atoms with Crippen molar-refractivity contribution in [1.82, 2.24) is 4.98 Å². The van der Waals surface area contributed by atoms with Crippen LogP contribution in [0.4, 0.5) is 11.5 Å². The van der Waals surface area contributed by atoms with Crippen LogP contribution in [0.25, 0.3) is 0 Å². The quantitative estimate of drug-likeness (QED) is 0.574. The molecule has 0 saturated heterocycles. The maximum Gasteiger partial charge on any atom is 0.141 e. The minimum Gasteiger partial charge on any atom is -0.369 e. The third-order valence-electron chi connectivity index (χ3n) is 2.69. The maximum atomic E-state index is 5.34. The van der Waals surface area contributed by atoms with Crippen LogP contribution in [0.2, 0.25) is 0 Å². The molecule has 1 unspecified atom stereocenters. The van der Waals surface area contributed by atoms with Gasteiger partial charge in [-0.15, -0.1) is 0 Å². The lowest BCUT2D eigenvalue weighted by Crippen LogP contribution is -2.32. The minimum atomic E-state index is 0.531. The van der Waals surface area contributed by atoms with E-state index in [4.69, 9.17) is 5.84 Å². The monoisotopic (exact) mass is 208 g/mol. The number of hydrazine groups is 1. The van der Waals surface area contributed by atoms with Crippen molar-refractivity contribution in [3.8, 4) is 0 Å². The zero-order valence-electron chi connectivity index (χ0n) is 9.70. The van der Waals surface area contributed by atoms with Crippen LogP contribution >= 0.6 is 0 Å². The van der Waals surface area contributed by atoms with E-state index in [0.717, 1.165) is 18.7 Å². The molecular weight excluding hydrogens is 188 g/mol. The Morgan fingerprint density at radius 2 is 2.27 bits per heavy atom. The Bertz CT molecular complexity index is 300. The molecule has 0 aliphatic heterocycles. The number of pyridine rings is 1. The van der Waals surface area contributed by atoms with Gasteiger partial charge >= 0.3 is 0 Å². The van der Waals surface area contributed by atoms with Crippen molar-refractivity contribution >= 4 is 11.5 Å². The summed E-state index contributed by atoms with van der Waals surface area (Å²) in [6.07, 6.45) is 2.90. The second-order valence-corrected chi connectivity index (χ2v) is 3.59. The van der Waals surface area contributed by atoms with Crippen molar-refractivity contribution in [3.05, 3.63) is 18.3 Å². The largest absolute Gasteiger partial charge is 0.369 e. The Labute approximate surface area is 91.5 Å². The fourth-order valence-electron chi connectivity index (χ4n) is 1.65. The molecule has 15 heavy (non-hydrogen) atoms. The summed E-state index contributed by atoms with van der Waals surface area (Å²) < 4.78 is 0. The molecule has 0 spiro atoms. The number of nitrogens with two attached hydrogens (primary N) is 1. The number of nitrogens with zero attached hydrogens (tertiary/aromatic N) is 2. The van der Waals surface area contributed by atoms with Crippen LogP contribution in [0.1, 0.15) is 27.2 Å². The van der Waals surface area contributed by atoms with E-state index in [1.54, 1.807) is 6.20 Å². The highest BCUT2D eigenvalue weighted by atomic mass is 15.3. The van der Waals surface area contributed by atoms with Crippen LogP contribution in [0.3, 0.4) is 0 Å². The molecule has 1 rings (SSSR count). The zero-order valence-corrected chi connectivity index (χ0v) is 9.70. The van der Waals surface area contributed by atoms with E-state index < -0.39 is 0 Å². The number of rotatable bonds is 5. The molecule has 0 bridgehead atoms. The third-order valence-corrected chi connectivity index (χ3v) is 2.69. The van der Waals surface area contributed by atoms with Gasteiger partial charge in [0.15, 0.2) is 0 Å². The van der Waals surface area contributed by atoms with Gasteiger partial charge in [0.2, 0.25) is 0 Å². The molecular formula is C11H20N4. The zero-order chi connectivity index (χ0) is 11.3. The Morgan fingerprint density at radius 3 is 2.80 bits per heavy atom. The molecule has 0 aliphatic rings. The van der Waals surface area contributed by atoms with E-state index >= 15 is 0 Å². The summed E-state index contributed by atoms with van der Waals surface area (Å²) in [7, 11) is 0. The topological polar surface area (TPSA) is 54.2 Å². The standard InChI is InChI=1S/C11H20N4/c1-4-9(3)15(5-2)10-6-7-13-11(8-10)14-12/h6-9H,4-5,12H2,1-3H3,(H,13,14). The second kappa shape index (κ2) is 5.56. The van der Waals surface area contributed by atoms with E-state index in [1.807, 2.05) is 12.1 Å². The highest BCUT2D eigenvalue weighted by Gasteiger charge is 2.11. The molecule has 0 aromatic carbocycles. The van der Waals surface area contributed by atoms with Crippen molar-refractivity contribution in [2.45, 2.75) is 33.2 Å². The number of hydrogen-bond donors (Lipinski definition) is 2. The first-order valence-corrected chi connectivity index (χ1v) is 5.42. The Hall–Kier alpha value is -1.29. The number of aromatic nitrogens is 1.